The number of oxazole rings is 1. The average molecular weight is 304 g/mol. The number of thiophene rings is 2. The molecule has 0 radical (unpaired) electrons. The second-order valence-corrected chi connectivity index (χ2v) is 5.93. The Morgan fingerprint density at radius 2 is 2.30 bits per heavy atom. The highest BCUT2D eigenvalue weighted by molar-refractivity contribution is 7.13. The molecular weight excluding hydrogens is 292 g/mol. The molecule has 0 saturated carbocycles. The average Bonchev–Trinajstić information content (AvgIpc) is 3.18. The molecule has 1 amide bonds. The summed E-state index contributed by atoms with van der Waals surface area (Å²) < 4.78 is 5.40. The van der Waals surface area contributed by atoms with Crippen LogP contribution in [0, 0.1) is 0 Å². The topological polar surface area (TPSA) is 55.1 Å². The third kappa shape index (κ3) is 3.15. The maximum Gasteiger partial charge on any atom is 0.236 e. The largest absolute Gasteiger partial charge is 0.443 e. The Kier molecular flexibility index (Phi) is 3.94. The highest BCUT2D eigenvalue weighted by Crippen LogP contribution is 2.23. The van der Waals surface area contributed by atoms with Gasteiger partial charge in [0.2, 0.25) is 11.8 Å². The molecule has 0 aliphatic carbocycles. The van der Waals surface area contributed by atoms with Crippen LogP contribution in [0.2, 0.25) is 0 Å². The van der Waals surface area contributed by atoms with Crippen molar-refractivity contribution in [3.8, 4) is 10.8 Å². The lowest BCUT2D eigenvalue weighted by Gasteiger charge is -2.01. The van der Waals surface area contributed by atoms with E-state index in [1.54, 1.807) is 28.9 Å². The van der Waals surface area contributed by atoms with Crippen molar-refractivity contribution >= 4 is 28.6 Å². The smallest absolute Gasteiger partial charge is 0.236 e. The van der Waals surface area contributed by atoms with Crippen LogP contribution in [-0.2, 0) is 17.8 Å². The highest BCUT2D eigenvalue weighted by atomic mass is 32.1. The third-order valence-electron chi connectivity index (χ3n) is 2.70. The summed E-state index contributed by atoms with van der Waals surface area (Å²) in [7, 11) is 0. The van der Waals surface area contributed by atoms with E-state index in [0.29, 0.717) is 18.9 Å². The summed E-state index contributed by atoms with van der Waals surface area (Å²) in [5.74, 6) is 0.589. The minimum Gasteiger partial charge on any atom is -0.443 e. The van der Waals surface area contributed by atoms with Crippen molar-refractivity contribution in [3.05, 3.63) is 51.9 Å². The van der Waals surface area contributed by atoms with Crippen LogP contribution >= 0.6 is 22.7 Å². The summed E-state index contributed by atoms with van der Waals surface area (Å²) in [5.41, 5.74) is 1.76. The van der Waals surface area contributed by atoms with Crippen LogP contribution in [0.3, 0.4) is 0 Å². The van der Waals surface area contributed by atoms with Gasteiger partial charge in [-0.15, -0.1) is 11.3 Å². The van der Waals surface area contributed by atoms with Crippen LogP contribution in [0.15, 0.2) is 45.0 Å². The molecule has 1 N–H and O–H groups in total. The molecule has 0 saturated heterocycles. The van der Waals surface area contributed by atoms with Gasteiger partial charge in [0, 0.05) is 0 Å². The molecule has 0 unspecified atom stereocenters. The Balaban J connectivity index is 1.55. The lowest BCUT2D eigenvalue weighted by Crippen LogP contribution is -2.24. The summed E-state index contributed by atoms with van der Waals surface area (Å²) in [5, 5.41) is 8.76. The van der Waals surface area contributed by atoms with Crippen molar-refractivity contribution in [3.63, 3.8) is 0 Å². The number of hydrogen-bond donors (Lipinski definition) is 1. The number of carbonyl (C=O) groups excluding carboxylic acids is 1. The molecule has 4 nitrogen and oxygen atoms in total. The Bertz CT molecular complexity index is 672. The van der Waals surface area contributed by atoms with Crippen molar-refractivity contribution < 1.29 is 9.21 Å². The number of hydrogen-bond acceptors (Lipinski definition) is 5. The van der Waals surface area contributed by atoms with E-state index in [2.05, 4.69) is 10.3 Å². The molecule has 6 heteroatoms. The Morgan fingerprint density at radius 1 is 1.35 bits per heavy atom. The summed E-state index contributed by atoms with van der Waals surface area (Å²) in [6.07, 6.45) is 1.99. The summed E-state index contributed by atoms with van der Waals surface area (Å²) in [4.78, 5) is 17.1. The van der Waals surface area contributed by atoms with E-state index < -0.39 is 0 Å². The standard InChI is InChI=1S/C14H12N2O2S2/c17-13(6-10-3-5-19-9-10)15-7-11-8-18-14(16-11)12-2-1-4-20-12/h1-5,8-9H,6-7H2,(H,15,17). The van der Waals surface area contributed by atoms with E-state index in [4.69, 9.17) is 4.42 Å². The molecule has 0 spiro atoms. The number of carbonyl (C=O) groups is 1. The van der Waals surface area contributed by atoms with Gasteiger partial charge in [-0.3, -0.25) is 4.79 Å². The zero-order chi connectivity index (χ0) is 13.8. The Morgan fingerprint density at radius 3 is 3.05 bits per heavy atom. The lowest BCUT2D eigenvalue weighted by atomic mass is 10.2. The van der Waals surface area contributed by atoms with Crippen LogP contribution in [0.25, 0.3) is 10.8 Å². The minimum atomic E-state index is -0.0101. The summed E-state index contributed by atoms with van der Waals surface area (Å²) in [6.45, 7) is 0.387. The van der Waals surface area contributed by atoms with E-state index in [-0.39, 0.29) is 5.91 Å². The molecule has 20 heavy (non-hydrogen) atoms. The van der Waals surface area contributed by atoms with Gasteiger partial charge < -0.3 is 9.73 Å². The quantitative estimate of drug-likeness (QED) is 0.786. The maximum atomic E-state index is 11.8. The van der Waals surface area contributed by atoms with Gasteiger partial charge in [0.05, 0.1) is 23.5 Å². The van der Waals surface area contributed by atoms with Crippen molar-refractivity contribution in [2.45, 2.75) is 13.0 Å². The van der Waals surface area contributed by atoms with E-state index in [9.17, 15) is 4.79 Å². The lowest BCUT2D eigenvalue weighted by molar-refractivity contribution is -0.120. The zero-order valence-electron chi connectivity index (χ0n) is 10.5. The fraction of sp³-hybridized carbons (Fsp3) is 0.143. The fourth-order valence-electron chi connectivity index (χ4n) is 1.73. The van der Waals surface area contributed by atoms with Crippen LogP contribution in [-0.4, -0.2) is 10.9 Å². The van der Waals surface area contributed by atoms with Gasteiger partial charge in [-0.05, 0) is 33.8 Å². The SMILES string of the molecule is O=C(Cc1ccsc1)NCc1coc(-c2cccs2)n1. The first-order chi connectivity index (χ1) is 9.81. The molecule has 0 atom stereocenters. The van der Waals surface area contributed by atoms with Gasteiger partial charge in [0.1, 0.15) is 6.26 Å². The minimum absolute atomic E-state index is 0.0101. The number of aromatic nitrogens is 1. The molecule has 0 aliphatic heterocycles. The van der Waals surface area contributed by atoms with E-state index >= 15 is 0 Å². The van der Waals surface area contributed by atoms with Gasteiger partial charge >= 0.3 is 0 Å². The second kappa shape index (κ2) is 6.02. The Labute approximate surface area is 124 Å². The molecule has 0 aromatic carbocycles. The molecule has 3 aromatic heterocycles. The molecule has 3 aromatic rings. The molecule has 0 aliphatic rings. The van der Waals surface area contributed by atoms with Crippen LogP contribution in [0.5, 0.6) is 0 Å². The van der Waals surface area contributed by atoms with E-state index in [1.807, 2.05) is 34.3 Å². The summed E-state index contributed by atoms with van der Waals surface area (Å²) in [6, 6.07) is 5.86. The predicted octanol–water partition coefficient (Wildman–Crippen LogP) is 3.32. The van der Waals surface area contributed by atoms with E-state index in [0.717, 1.165) is 16.1 Å². The van der Waals surface area contributed by atoms with Gasteiger partial charge in [0.25, 0.3) is 0 Å². The molecule has 102 valence electrons. The summed E-state index contributed by atoms with van der Waals surface area (Å²) >= 11 is 3.17. The fourth-order valence-corrected chi connectivity index (χ4v) is 3.06. The predicted molar refractivity (Wildman–Crippen MR) is 79.7 cm³/mol. The number of rotatable bonds is 5. The monoisotopic (exact) mass is 304 g/mol. The maximum absolute atomic E-state index is 11.8. The van der Waals surface area contributed by atoms with E-state index in [1.165, 1.54) is 0 Å². The third-order valence-corrected chi connectivity index (χ3v) is 4.29. The molecule has 3 heterocycles. The molecule has 3 rings (SSSR count). The number of nitrogens with one attached hydrogen (secondary N) is 1. The zero-order valence-corrected chi connectivity index (χ0v) is 12.2. The van der Waals surface area contributed by atoms with Crippen LogP contribution in [0.4, 0.5) is 0 Å². The highest BCUT2D eigenvalue weighted by Gasteiger charge is 2.09. The first-order valence-electron chi connectivity index (χ1n) is 6.07. The van der Waals surface area contributed by atoms with Gasteiger partial charge in [0.15, 0.2) is 0 Å². The van der Waals surface area contributed by atoms with Crippen LogP contribution in [0.1, 0.15) is 11.3 Å². The first-order valence-corrected chi connectivity index (χ1v) is 7.89. The molecular formula is C14H12N2O2S2. The second-order valence-electron chi connectivity index (χ2n) is 4.21. The van der Waals surface area contributed by atoms with Crippen molar-refractivity contribution in [2.24, 2.45) is 0 Å². The van der Waals surface area contributed by atoms with Crippen LogP contribution < -0.4 is 5.32 Å². The molecule has 0 fully saturated rings. The van der Waals surface area contributed by atoms with Crippen molar-refractivity contribution in [2.75, 3.05) is 0 Å². The normalized spacial score (nSPS) is 10.6. The molecule has 0 bridgehead atoms. The van der Waals surface area contributed by atoms with Crippen molar-refractivity contribution in [1.29, 1.82) is 0 Å². The first kappa shape index (κ1) is 13.1. The van der Waals surface area contributed by atoms with Gasteiger partial charge in [-0.2, -0.15) is 11.3 Å². The number of amides is 1. The van der Waals surface area contributed by atoms with Gasteiger partial charge in [-0.1, -0.05) is 6.07 Å². The van der Waals surface area contributed by atoms with Gasteiger partial charge in [-0.25, -0.2) is 4.98 Å². The van der Waals surface area contributed by atoms with Crippen molar-refractivity contribution in [1.82, 2.24) is 10.3 Å². The Hall–Kier alpha value is -1.92. The number of nitrogens with zero attached hydrogens (tertiary/aromatic N) is 1.